The first-order chi connectivity index (χ1) is 8.63. The number of carbonyl (C=O) groups excluding carboxylic acids is 1. The third-order valence-electron chi connectivity index (χ3n) is 2.07. The fourth-order valence-corrected chi connectivity index (χ4v) is 2.23. The van der Waals surface area contributed by atoms with Crippen molar-refractivity contribution in [3.05, 3.63) is 34.1 Å². The normalized spacial score (nSPS) is 10.2. The van der Waals surface area contributed by atoms with Crippen molar-refractivity contribution in [2.45, 2.75) is 0 Å². The van der Waals surface area contributed by atoms with E-state index >= 15 is 0 Å². The molecule has 2 aromatic rings. The minimum atomic E-state index is -0.448. The number of rotatable bonds is 3. The molecule has 0 bridgehead atoms. The first kappa shape index (κ1) is 13.1. The van der Waals surface area contributed by atoms with Gasteiger partial charge in [-0.3, -0.25) is 10.1 Å². The average molecular weight is 304 g/mol. The first-order valence-corrected chi connectivity index (χ1v) is 6.26. The predicted octanol–water partition coefficient (Wildman–Crippen LogP) is 3.11. The third kappa shape index (κ3) is 2.55. The van der Waals surface area contributed by atoms with Crippen molar-refractivity contribution < 1.29 is 9.53 Å². The fourth-order valence-electron chi connectivity index (χ4n) is 1.33. The molecule has 0 atom stereocenters. The zero-order valence-electron chi connectivity index (χ0n) is 9.11. The van der Waals surface area contributed by atoms with E-state index < -0.39 is 5.91 Å². The van der Waals surface area contributed by atoms with E-state index in [4.69, 9.17) is 27.9 Å². The molecule has 0 aliphatic carbocycles. The summed E-state index contributed by atoms with van der Waals surface area (Å²) >= 11 is 13.0. The van der Waals surface area contributed by atoms with Gasteiger partial charge < -0.3 is 4.74 Å². The molecule has 18 heavy (non-hydrogen) atoms. The summed E-state index contributed by atoms with van der Waals surface area (Å²) in [7, 11) is 1.42. The maximum atomic E-state index is 12.1. The molecule has 0 spiro atoms. The van der Waals surface area contributed by atoms with Crippen LogP contribution >= 0.6 is 34.7 Å². The lowest BCUT2D eigenvalue weighted by atomic mass is 10.2. The number of methoxy groups -OCH3 is 1. The van der Waals surface area contributed by atoms with Gasteiger partial charge in [-0.05, 0) is 12.1 Å². The summed E-state index contributed by atoms with van der Waals surface area (Å²) in [5, 5.41) is 3.50. The average Bonchev–Trinajstić information content (AvgIpc) is 2.84. The highest BCUT2D eigenvalue weighted by molar-refractivity contribution is 7.09. The monoisotopic (exact) mass is 303 g/mol. The molecule has 2 rings (SSSR count). The van der Waals surface area contributed by atoms with Crippen molar-refractivity contribution in [3.63, 3.8) is 0 Å². The molecular weight excluding hydrogens is 297 g/mol. The van der Waals surface area contributed by atoms with E-state index in [2.05, 4.69) is 14.7 Å². The summed E-state index contributed by atoms with van der Waals surface area (Å²) in [5.74, 6) is -0.220. The van der Waals surface area contributed by atoms with Crippen LogP contribution in [0.5, 0.6) is 5.75 Å². The Morgan fingerprint density at radius 2 is 2.11 bits per heavy atom. The van der Waals surface area contributed by atoms with Crippen molar-refractivity contribution in [2.75, 3.05) is 12.4 Å². The topological polar surface area (TPSA) is 64.1 Å². The number of nitrogens with zero attached hydrogens (tertiary/aromatic N) is 2. The molecule has 1 heterocycles. The third-order valence-corrected chi connectivity index (χ3v) is 3.26. The number of halogens is 2. The number of carbonyl (C=O) groups is 1. The Morgan fingerprint density at radius 3 is 2.72 bits per heavy atom. The standard InChI is InChI=1S/C10H7Cl2N3O2S/c1-17-8-6(12)3-2-5(11)7(8)9(16)15-10-13-4-14-18-10/h2-4H,1H3,(H,13,14,15,16). The number of amides is 1. The van der Waals surface area contributed by atoms with Crippen molar-refractivity contribution >= 4 is 45.8 Å². The second kappa shape index (κ2) is 5.51. The van der Waals surface area contributed by atoms with Gasteiger partial charge in [-0.25, -0.2) is 4.98 Å². The van der Waals surface area contributed by atoms with Gasteiger partial charge in [0.2, 0.25) is 5.13 Å². The van der Waals surface area contributed by atoms with Crippen molar-refractivity contribution in [3.8, 4) is 5.75 Å². The number of anilines is 1. The molecule has 5 nitrogen and oxygen atoms in total. The summed E-state index contributed by atoms with van der Waals surface area (Å²) in [5.41, 5.74) is 0.168. The highest BCUT2D eigenvalue weighted by Crippen LogP contribution is 2.34. The zero-order valence-corrected chi connectivity index (χ0v) is 11.4. The molecule has 94 valence electrons. The second-order valence-corrected chi connectivity index (χ2v) is 4.73. The minimum absolute atomic E-state index is 0.168. The highest BCUT2D eigenvalue weighted by atomic mass is 35.5. The van der Waals surface area contributed by atoms with Gasteiger partial charge in [-0.15, -0.1) is 0 Å². The molecule has 0 fully saturated rings. The van der Waals surface area contributed by atoms with Gasteiger partial charge in [0.25, 0.3) is 5.91 Å². The Hall–Kier alpha value is -1.37. The van der Waals surface area contributed by atoms with Crippen LogP contribution < -0.4 is 10.1 Å². The fraction of sp³-hybridized carbons (Fsp3) is 0.100. The maximum absolute atomic E-state index is 12.1. The highest BCUT2D eigenvalue weighted by Gasteiger charge is 2.20. The van der Waals surface area contributed by atoms with Crippen LogP contribution in [-0.4, -0.2) is 22.4 Å². The van der Waals surface area contributed by atoms with E-state index in [0.29, 0.717) is 10.2 Å². The number of aromatic nitrogens is 2. The molecule has 1 aromatic carbocycles. The van der Waals surface area contributed by atoms with Crippen LogP contribution in [0.25, 0.3) is 0 Å². The van der Waals surface area contributed by atoms with E-state index in [1.807, 2.05) is 0 Å². The van der Waals surface area contributed by atoms with E-state index in [1.165, 1.54) is 19.5 Å². The van der Waals surface area contributed by atoms with Crippen LogP contribution in [0, 0.1) is 0 Å². The predicted molar refractivity (Wildman–Crippen MR) is 70.9 cm³/mol. The Labute approximate surface area is 117 Å². The van der Waals surface area contributed by atoms with Crippen molar-refractivity contribution in [1.29, 1.82) is 0 Å². The van der Waals surface area contributed by atoms with Crippen LogP contribution in [0.4, 0.5) is 5.13 Å². The molecule has 0 saturated carbocycles. The van der Waals surface area contributed by atoms with E-state index in [0.717, 1.165) is 11.5 Å². The van der Waals surface area contributed by atoms with Crippen molar-refractivity contribution in [1.82, 2.24) is 9.36 Å². The van der Waals surface area contributed by atoms with Gasteiger partial charge in [0.05, 0.1) is 17.2 Å². The summed E-state index contributed by atoms with van der Waals surface area (Å²) in [6.07, 6.45) is 1.34. The van der Waals surface area contributed by atoms with Crippen LogP contribution in [0.1, 0.15) is 10.4 Å². The minimum Gasteiger partial charge on any atom is -0.494 e. The van der Waals surface area contributed by atoms with E-state index in [1.54, 1.807) is 6.07 Å². The molecule has 1 N–H and O–H groups in total. The number of hydrogen-bond donors (Lipinski definition) is 1. The molecule has 8 heteroatoms. The van der Waals surface area contributed by atoms with Gasteiger partial charge in [0.1, 0.15) is 11.9 Å². The van der Waals surface area contributed by atoms with Gasteiger partial charge in [0.15, 0.2) is 5.75 Å². The Balaban J connectivity index is 2.38. The van der Waals surface area contributed by atoms with Crippen molar-refractivity contribution in [2.24, 2.45) is 0 Å². The number of benzene rings is 1. The van der Waals surface area contributed by atoms with Gasteiger partial charge in [0, 0.05) is 11.5 Å². The lowest BCUT2D eigenvalue weighted by Crippen LogP contribution is -2.13. The van der Waals surface area contributed by atoms with Crippen LogP contribution in [-0.2, 0) is 0 Å². The molecule has 1 amide bonds. The molecule has 0 saturated heterocycles. The van der Waals surface area contributed by atoms with Crippen LogP contribution in [0.3, 0.4) is 0 Å². The van der Waals surface area contributed by atoms with Crippen LogP contribution in [0.15, 0.2) is 18.5 Å². The largest absolute Gasteiger partial charge is 0.494 e. The van der Waals surface area contributed by atoms with Gasteiger partial charge >= 0.3 is 0 Å². The zero-order chi connectivity index (χ0) is 13.1. The molecule has 0 aliphatic heterocycles. The molecule has 0 radical (unpaired) electrons. The van der Waals surface area contributed by atoms with Gasteiger partial charge in [-0.1, -0.05) is 23.2 Å². The number of ether oxygens (including phenoxy) is 1. The first-order valence-electron chi connectivity index (χ1n) is 4.73. The maximum Gasteiger partial charge on any atom is 0.262 e. The lowest BCUT2D eigenvalue weighted by Gasteiger charge is -2.10. The summed E-state index contributed by atoms with van der Waals surface area (Å²) in [6, 6.07) is 3.09. The second-order valence-electron chi connectivity index (χ2n) is 3.14. The smallest absolute Gasteiger partial charge is 0.262 e. The van der Waals surface area contributed by atoms with E-state index in [-0.39, 0.29) is 16.3 Å². The lowest BCUT2D eigenvalue weighted by molar-refractivity contribution is 0.102. The molecule has 0 aliphatic rings. The van der Waals surface area contributed by atoms with Crippen LogP contribution in [0.2, 0.25) is 10.0 Å². The molecule has 1 aromatic heterocycles. The number of hydrogen-bond acceptors (Lipinski definition) is 5. The summed E-state index contributed by atoms with van der Waals surface area (Å²) in [6.45, 7) is 0. The van der Waals surface area contributed by atoms with E-state index in [9.17, 15) is 4.79 Å². The molecular formula is C10H7Cl2N3O2S. The summed E-state index contributed by atoms with van der Waals surface area (Å²) in [4.78, 5) is 15.9. The Kier molecular flexibility index (Phi) is 4.00. The SMILES string of the molecule is COc1c(Cl)ccc(Cl)c1C(=O)Nc1ncns1. The number of nitrogens with one attached hydrogen (secondary N) is 1. The Bertz CT molecular complexity index is 575. The Morgan fingerprint density at radius 1 is 1.39 bits per heavy atom. The van der Waals surface area contributed by atoms with Gasteiger partial charge in [-0.2, -0.15) is 4.37 Å². The molecule has 0 unspecified atom stereocenters. The summed E-state index contributed by atoms with van der Waals surface area (Å²) < 4.78 is 8.86. The quantitative estimate of drug-likeness (QED) is 0.946.